The molecule has 0 saturated heterocycles. The third-order valence-corrected chi connectivity index (χ3v) is 8.20. The van der Waals surface area contributed by atoms with Crippen LogP contribution in [0.5, 0.6) is 0 Å². The number of thioether (sulfide) groups is 1. The zero-order chi connectivity index (χ0) is 23.8. The standard InChI is InChI=1S/C25H25N3O3S2/c1-17-12-13-23(18(2)14-17)28-24(29)21-10-5-6-11-22(21)26-25(28)32-16-19-8-7-9-20(15-19)33(30,31)27(3)4/h5-15H,16H2,1-4H3. The molecule has 0 aliphatic heterocycles. The Morgan fingerprint density at radius 2 is 1.73 bits per heavy atom. The molecule has 0 N–H and O–H groups in total. The maximum absolute atomic E-state index is 13.5. The normalized spacial score (nSPS) is 11.9. The largest absolute Gasteiger partial charge is 0.268 e. The average molecular weight is 480 g/mol. The van der Waals surface area contributed by atoms with Crippen LogP contribution in [0.15, 0.2) is 81.6 Å². The van der Waals surface area contributed by atoms with Gasteiger partial charge in [-0.05, 0) is 55.3 Å². The number of fused-ring (bicyclic) bond motifs is 1. The Morgan fingerprint density at radius 3 is 2.45 bits per heavy atom. The summed E-state index contributed by atoms with van der Waals surface area (Å²) in [5, 5.41) is 1.12. The van der Waals surface area contributed by atoms with Gasteiger partial charge in [0.2, 0.25) is 10.0 Å². The van der Waals surface area contributed by atoms with Crippen LogP contribution in [0.4, 0.5) is 0 Å². The maximum Gasteiger partial charge on any atom is 0.266 e. The third kappa shape index (κ3) is 4.59. The number of hydrogen-bond acceptors (Lipinski definition) is 5. The molecule has 170 valence electrons. The molecule has 0 fully saturated rings. The van der Waals surface area contributed by atoms with Gasteiger partial charge in [-0.15, -0.1) is 0 Å². The molecular formula is C25H25N3O3S2. The second kappa shape index (κ2) is 9.13. The summed E-state index contributed by atoms with van der Waals surface area (Å²) in [5.41, 5.74) is 4.23. The molecule has 1 heterocycles. The minimum Gasteiger partial charge on any atom is -0.268 e. The summed E-state index contributed by atoms with van der Waals surface area (Å²) in [4.78, 5) is 18.5. The Morgan fingerprint density at radius 1 is 0.970 bits per heavy atom. The number of sulfonamides is 1. The van der Waals surface area contributed by atoms with Crippen molar-refractivity contribution >= 4 is 32.7 Å². The van der Waals surface area contributed by atoms with Crippen molar-refractivity contribution < 1.29 is 8.42 Å². The summed E-state index contributed by atoms with van der Waals surface area (Å²) in [6.07, 6.45) is 0. The minimum absolute atomic E-state index is 0.126. The van der Waals surface area contributed by atoms with Crippen molar-refractivity contribution in [2.24, 2.45) is 0 Å². The van der Waals surface area contributed by atoms with Crippen LogP contribution in [0.1, 0.15) is 16.7 Å². The monoisotopic (exact) mass is 479 g/mol. The molecule has 0 aliphatic rings. The van der Waals surface area contributed by atoms with Crippen LogP contribution in [0, 0.1) is 13.8 Å². The zero-order valence-corrected chi connectivity index (χ0v) is 20.6. The van der Waals surface area contributed by atoms with Gasteiger partial charge in [0.15, 0.2) is 5.16 Å². The number of nitrogens with zero attached hydrogens (tertiary/aromatic N) is 3. The highest BCUT2D eigenvalue weighted by Gasteiger charge is 2.18. The predicted molar refractivity (Wildman–Crippen MR) is 134 cm³/mol. The highest BCUT2D eigenvalue weighted by Crippen LogP contribution is 2.27. The van der Waals surface area contributed by atoms with Crippen LogP contribution < -0.4 is 5.56 Å². The van der Waals surface area contributed by atoms with Crippen molar-refractivity contribution in [3.63, 3.8) is 0 Å². The van der Waals surface area contributed by atoms with Crippen LogP contribution in [-0.2, 0) is 15.8 Å². The van der Waals surface area contributed by atoms with Crippen LogP contribution in [0.2, 0.25) is 0 Å². The van der Waals surface area contributed by atoms with Crippen molar-refractivity contribution in [2.45, 2.75) is 29.7 Å². The summed E-state index contributed by atoms with van der Waals surface area (Å²) < 4.78 is 27.9. The fraction of sp³-hybridized carbons (Fsp3) is 0.200. The lowest BCUT2D eigenvalue weighted by molar-refractivity contribution is 0.520. The van der Waals surface area contributed by atoms with E-state index in [0.29, 0.717) is 21.8 Å². The Balaban J connectivity index is 1.79. The lowest BCUT2D eigenvalue weighted by Crippen LogP contribution is -2.22. The molecule has 0 bridgehead atoms. The third-order valence-electron chi connectivity index (χ3n) is 5.38. The van der Waals surface area contributed by atoms with Crippen molar-refractivity contribution in [2.75, 3.05) is 14.1 Å². The Labute approximate surface area is 198 Å². The smallest absolute Gasteiger partial charge is 0.266 e. The number of hydrogen-bond donors (Lipinski definition) is 0. The van der Waals surface area contributed by atoms with Gasteiger partial charge in [0, 0.05) is 19.8 Å². The highest BCUT2D eigenvalue weighted by molar-refractivity contribution is 7.98. The van der Waals surface area contributed by atoms with Gasteiger partial charge in [-0.2, -0.15) is 0 Å². The fourth-order valence-corrected chi connectivity index (χ4v) is 5.55. The highest BCUT2D eigenvalue weighted by atomic mass is 32.2. The van der Waals surface area contributed by atoms with E-state index >= 15 is 0 Å². The quantitative estimate of drug-likeness (QED) is 0.300. The summed E-state index contributed by atoms with van der Waals surface area (Å²) >= 11 is 1.41. The second-order valence-electron chi connectivity index (χ2n) is 8.07. The molecule has 0 aliphatic carbocycles. The van der Waals surface area contributed by atoms with E-state index in [-0.39, 0.29) is 10.5 Å². The van der Waals surface area contributed by atoms with E-state index in [9.17, 15) is 13.2 Å². The lowest BCUT2D eigenvalue weighted by atomic mass is 10.1. The zero-order valence-electron chi connectivity index (χ0n) is 18.9. The van der Waals surface area contributed by atoms with Gasteiger partial charge in [0.05, 0.1) is 21.5 Å². The molecule has 3 aromatic carbocycles. The van der Waals surface area contributed by atoms with Gasteiger partial charge < -0.3 is 0 Å². The van der Waals surface area contributed by atoms with E-state index in [1.54, 1.807) is 28.8 Å². The summed E-state index contributed by atoms with van der Waals surface area (Å²) in [5.74, 6) is 0.465. The SMILES string of the molecule is Cc1ccc(-n2c(SCc3cccc(S(=O)(=O)N(C)C)c3)nc3ccccc3c2=O)c(C)c1. The molecule has 1 aromatic heterocycles. The molecule has 0 unspecified atom stereocenters. The second-order valence-corrected chi connectivity index (χ2v) is 11.2. The van der Waals surface area contributed by atoms with E-state index < -0.39 is 10.0 Å². The molecule has 0 atom stereocenters. The summed E-state index contributed by atoms with van der Waals surface area (Å²) in [6, 6.07) is 20.1. The Bertz CT molecular complexity index is 1510. The molecule has 6 nitrogen and oxygen atoms in total. The molecule has 33 heavy (non-hydrogen) atoms. The predicted octanol–water partition coefficient (Wildman–Crippen LogP) is 4.55. The summed E-state index contributed by atoms with van der Waals surface area (Å²) in [6.45, 7) is 4.00. The number of aromatic nitrogens is 2. The molecule has 0 saturated carbocycles. The van der Waals surface area contributed by atoms with E-state index in [0.717, 1.165) is 22.4 Å². The number of rotatable bonds is 6. The first kappa shape index (κ1) is 23.2. The summed E-state index contributed by atoms with van der Waals surface area (Å²) in [7, 11) is -0.501. The molecule has 0 spiro atoms. The topological polar surface area (TPSA) is 72.3 Å². The van der Waals surface area contributed by atoms with Gasteiger partial charge in [0.1, 0.15) is 0 Å². The van der Waals surface area contributed by atoms with E-state index in [4.69, 9.17) is 4.98 Å². The molecule has 0 radical (unpaired) electrons. The molecular weight excluding hydrogens is 454 g/mol. The van der Waals surface area contributed by atoms with Crippen molar-refractivity contribution in [3.8, 4) is 5.69 Å². The van der Waals surface area contributed by atoms with Crippen molar-refractivity contribution in [3.05, 3.63) is 93.8 Å². The van der Waals surface area contributed by atoms with E-state index in [1.807, 2.05) is 56.3 Å². The van der Waals surface area contributed by atoms with Gasteiger partial charge in [-0.3, -0.25) is 9.36 Å². The van der Waals surface area contributed by atoms with Gasteiger partial charge >= 0.3 is 0 Å². The first-order valence-electron chi connectivity index (χ1n) is 10.4. The molecule has 4 aromatic rings. The average Bonchev–Trinajstić information content (AvgIpc) is 2.79. The van der Waals surface area contributed by atoms with Crippen molar-refractivity contribution in [1.82, 2.24) is 13.9 Å². The van der Waals surface area contributed by atoms with Gasteiger partial charge in [-0.25, -0.2) is 17.7 Å². The first-order valence-corrected chi connectivity index (χ1v) is 12.8. The molecule has 8 heteroatoms. The van der Waals surface area contributed by atoms with Crippen LogP contribution >= 0.6 is 11.8 Å². The van der Waals surface area contributed by atoms with Crippen LogP contribution in [0.3, 0.4) is 0 Å². The minimum atomic E-state index is -3.53. The maximum atomic E-state index is 13.5. The Kier molecular flexibility index (Phi) is 6.43. The molecule has 0 amide bonds. The van der Waals surface area contributed by atoms with E-state index in [1.165, 1.54) is 30.2 Å². The Hall–Kier alpha value is -2.94. The number of benzene rings is 3. The van der Waals surface area contributed by atoms with Crippen LogP contribution in [0.25, 0.3) is 16.6 Å². The first-order chi connectivity index (χ1) is 15.7. The number of aryl methyl sites for hydroxylation is 2. The van der Waals surface area contributed by atoms with Gasteiger partial charge in [-0.1, -0.05) is 53.7 Å². The fourth-order valence-electron chi connectivity index (χ4n) is 3.63. The van der Waals surface area contributed by atoms with Gasteiger partial charge in [0.25, 0.3) is 5.56 Å². The van der Waals surface area contributed by atoms with E-state index in [2.05, 4.69) is 0 Å². The van der Waals surface area contributed by atoms with Crippen molar-refractivity contribution in [1.29, 1.82) is 0 Å². The molecule has 4 rings (SSSR count). The van der Waals surface area contributed by atoms with Crippen LogP contribution in [-0.4, -0.2) is 36.4 Å². The lowest BCUT2D eigenvalue weighted by Gasteiger charge is -2.16. The number of para-hydroxylation sites is 1.